The van der Waals surface area contributed by atoms with Gasteiger partial charge in [-0.25, -0.2) is 0 Å². The van der Waals surface area contributed by atoms with Gasteiger partial charge in [0.25, 0.3) is 11.6 Å². The minimum Gasteiger partial charge on any atom is -0.360 e. The summed E-state index contributed by atoms with van der Waals surface area (Å²) in [7, 11) is 0. The summed E-state index contributed by atoms with van der Waals surface area (Å²) in [5.41, 5.74) is 11.3. The maximum Gasteiger partial charge on any atom is 0.261 e. The molecule has 4 unspecified atom stereocenters. The Hall–Kier alpha value is -0.980. The number of nitrogens with two attached hydrogens (primary N) is 2. The number of rotatable bonds is 7. The molecule has 2 aliphatic rings. The van der Waals surface area contributed by atoms with E-state index in [4.69, 9.17) is 21.1 Å². The van der Waals surface area contributed by atoms with Crippen LogP contribution in [0.1, 0.15) is 12.8 Å². The van der Waals surface area contributed by atoms with Gasteiger partial charge < -0.3 is 21.7 Å². The monoisotopic (exact) mass is 318 g/mol. The van der Waals surface area contributed by atoms with Crippen molar-refractivity contribution in [1.29, 1.82) is 0 Å². The molecule has 2 heterocycles. The maximum absolute atomic E-state index is 11.7. The van der Waals surface area contributed by atoms with Crippen molar-refractivity contribution < 1.29 is 29.5 Å². The summed E-state index contributed by atoms with van der Waals surface area (Å²) >= 11 is 0. The van der Waals surface area contributed by atoms with Crippen molar-refractivity contribution >= 4 is 11.6 Å². The number of nitrogens with zero attached hydrogens (tertiary/aromatic N) is 2. The van der Waals surface area contributed by atoms with Gasteiger partial charge in [-0.1, -0.05) is 0 Å². The van der Waals surface area contributed by atoms with Crippen LogP contribution in [-0.2, 0) is 19.3 Å². The summed E-state index contributed by atoms with van der Waals surface area (Å²) in [6.45, 7) is 1.60. The van der Waals surface area contributed by atoms with E-state index in [0.29, 0.717) is 39.0 Å². The fourth-order valence-corrected chi connectivity index (χ4v) is 2.32. The third-order valence-corrected chi connectivity index (χ3v) is 3.56. The zero-order valence-corrected chi connectivity index (χ0v) is 12.1. The Morgan fingerprint density at radius 2 is 1.27 bits per heavy atom. The Morgan fingerprint density at radius 1 is 0.909 bits per heavy atom. The Morgan fingerprint density at radius 3 is 1.55 bits per heavy atom. The van der Waals surface area contributed by atoms with Crippen molar-refractivity contribution in [3.05, 3.63) is 0 Å². The molecule has 0 aromatic heterocycles. The fourth-order valence-electron chi connectivity index (χ4n) is 2.32. The third kappa shape index (κ3) is 4.51. The number of Topliss-reactive ketones (excluding diaryl/α,β-unsaturated/α-hetero) is 2. The molecule has 0 amide bonds. The lowest BCUT2D eigenvalue weighted by Crippen LogP contribution is -2.44. The number of carbonyl (C=O) groups is 2. The van der Waals surface area contributed by atoms with Gasteiger partial charge in [-0.2, -0.15) is 10.1 Å². The number of aliphatic hydroxyl groups excluding tert-OH is 2. The summed E-state index contributed by atoms with van der Waals surface area (Å²) < 4.78 is 0. The van der Waals surface area contributed by atoms with Gasteiger partial charge in [-0.05, 0) is 12.8 Å². The molecule has 10 heteroatoms. The van der Waals surface area contributed by atoms with E-state index in [1.807, 2.05) is 0 Å². The van der Waals surface area contributed by atoms with E-state index in [2.05, 4.69) is 0 Å². The minimum absolute atomic E-state index is 0.105. The van der Waals surface area contributed by atoms with Gasteiger partial charge in [-0.3, -0.25) is 19.3 Å². The zero-order chi connectivity index (χ0) is 16.3. The molecule has 2 aliphatic heterocycles. The van der Waals surface area contributed by atoms with Gasteiger partial charge in [0.05, 0.1) is 0 Å². The van der Waals surface area contributed by atoms with Crippen LogP contribution in [-0.4, -0.2) is 82.7 Å². The van der Waals surface area contributed by atoms with Crippen LogP contribution >= 0.6 is 0 Å². The largest absolute Gasteiger partial charge is 0.360 e. The van der Waals surface area contributed by atoms with Crippen LogP contribution in [0.2, 0.25) is 0 Å². The quantitative estimate of drug-likeness (QED) is 0.277. The van der Waals surface area contributed by atoms with E-state index in [0.717, 1.165) is 0 Å². The van der Waals surface area contributed by atoms with E-state index in [1.165, 1.54) is 10.1 Å². The van der Waals surface area contributed by atoms with Gasteiger partial charge in [0.1, 0.15) is 0 Å². The highest BCUT2D eigenvalue weighted by Gasteiger charge is 2.35. The predicted molar refractivity (Wildman–Crippen MR) is 72.5 cm³/mol. The lowest BCUT2D eigenvalue weighted by atomic mass is 10.2. The molecule has 2 saturated heterocycles. The fraction of sp³-hybridized carbons (Fsp3) is 0.833. The number of hydrogen-bond donors (Lipinski definition) is 4. The van der Waals surface area contributed by atoms with Crippen LogP contribution in [0.25, 0.3) is 0 Å². The number of aliphatic hydroxyl groups is 2. The van der Waals surface area contributed by atoms with Crippen LogP contribution < -0.4 is 11.5 Å². The molecule has 0 saturated carbocycles. The van der Waals surface area contributed by atoms with Gasteiger partial charge in [0.15, 0.2) is 0 Å². The van der Waals surface area contributed by atoms with Gasteiger partial charge >= 0.3 is 0 Å². The van der Waals surface area contributed by atoms with E-state index >= 15 is 0 Å². The minimum atomic E-state index is -1.99. The molecule has 10 nitrogen and oxygen atoms in total. The highest BCUT2D eigenvalue weighted by atomic mass is 16.8. The Balaban J connectivity index is 1.78. The number of carbonyl (C=O) groups excluding carboxylic acids is 2. The van der Waals surface area contributed by atoms with Crippen LogP contribution in [0.5, 0.6) is 0 Å². The second kappa shape index (κ2) is 7.53. The first-order valence-electron chi connectivity index (χ1n) is 7.15. The Kier molecular flexibility index (Phi) is 5.94. The van der Waals surface area contributed by atoms with Crippen LogP contribution in [0, 0.1) is 0 Å². The maximum atomic E-state index is 11.7. The first kappa shape index (κ1) is 17.4. The number of hydroxylamine groups is 4. The molecule has 0 aromatic carbocycles. The van der Waals surface area contributed by atoms with Crippen molar-refractivity contribution in [2.24, 2.45) is 11.5 Å². The van der Waals surface area contributed by atoms with Gasteiger partial charge in [0, 0.05) is 38.3 Å². The zero-order valence-electron chi connectivity index (χ0n) is 12.1. The summed E-state index contributed by atoms with van der Waals surface area (Å²) in [6, 6.07) is -0.211. The van der Waals surface area contributed by atoms with Crippen LogP contribution in [0.4, 0.5) is 0 Å². The van der Waals surface area contributed by atoms with Crippen molar-refractivity contribution in [2.45, 2.75) is 37.5 Å². The van der Waals surface area contributed by atoms with Crippen molar-refractivity contribution in [2.75, 3.05) is 26.2 Å². The SMILES string of the molecule is NC1CCN(OC(O)C(=O)C(=O)C(O)ON2CCC(N)C2)C1. The molecule has 6 N–H and O–H groups in total. The summed E-state index contributed by atoms with van der Waals surface area (Å²) in [6.07, 6.45) is -2.65. The summed E-state index contributed by atoms with van der Waals surface area (Å²) in [4.78, 5) is 33.3. The highest BCUT2D eigenvalue weighted by Crippen LogP contribution is 2.11. The summed E-state index contributed by atoms with van der Waals surface area (Å²) in [5.74, 6) is -2.56. The Labute approximate surface area is 127 Å². The normalized spacial score (nSPS) is 29.6. The molecule has 2 rings (SSSR count). The topological polar surface area (TPSA) is 152 Å². The molecular weight excluding hydrogens is 296 g/mol. The molecule has 22 heavy (non-hydrogen) atoms. The third-order valence-electron chi connectivity index (χ3n) is 3.56. The molecule has 0 spiro atoms. The molecule has 0 radical (unpaired) electrons. The predicted octanol–water partition coefficient (Wildman–Crippen LogP) is -3.31. The number of ketones is 2. The number of hydrogen-bond acceptors (Lipinski definition) is 10. The molecule has 0 aromatic rings. The summed E-state index contributed by atoms with van der Waals surface area (Å²) in [5, 5.41) is 21.8. The average molecular weight is 318 g/mol. The van der Waals surface area contributed by atoms with Crippen molar-refractivity contribution in [3.63, 3.8) is 0 Å². The van der Waals surface area contributed by atoms with Gasteiger partial charge in [-0.15, -0.1) is 0 Å². The van der Waals surface area contributed by atoms with Crippen LogP contribution in [0.15, 0.2) is 0 Å². The van der Waals surface area contributed by atoms with Crippen molar-refractivity contribution in [1.82, 2.24) is 10.1 Å². The highest BCUT2D eigenvalue weighted by molar-refractivity contribution is 6.39. The van der Waals surface area contributed by atoms with Gasteiger partial charge in [0.2, 0.25) is 12.6 Å². The van der Waals surface area contributed by atoms with Crippen molar-refractivity contribution in [3.8, 4) is 0 Å². The lowest BCUT2D eigenvalue weighted by Gasteiger charge is -2.21. The first-order chi connectivity index (χ1) is 10.4. The van der Waals surface area contributed by atoms with E-state index in [1.54, 1.807) is 0 Å². The lowest BCUT2D eigenvalue weighted by molar-refractivity contribution is -0.257. The van der Waals surface area contributed by atoms with Crippen LogP contribution in [0.3, 0.4) is 0 Å². The average Bonchev–Trinajstić information content (AvgIpc) is 3.05. The standard InChI is InChI=1S/C12H22N4O6/c13-7-1-3-15(5-7)21-11(19)9(17)10(18)12(20)22-16-4-2-8(14)6-16/h7-8,11-12,19-20H,1-6,13-14H2. The molecule has 126 valence electrons. The molecule has 0 bridgehead atoms. The molecule has 2 fully saturated rings. The smallest absolute Gasteiger partial charge is 0.261 e. The van der Waals surface area contributed by atoms with E-state index in [-0.39, 0.29) is 12.1 Å². The molecule has 0 aliphatic carbocycles. The first-order valence-corrected chi connectivity index (χ1v) is 7.15. The van der Waals surface area contributed by atoms with E-state index < -0.39 is 24.1 Å². The molecular formula is C12H22N4O6. The molecule has 4 atom stereocenters. The second-order valence-electron chi connectivity index (χ2n) is 5.52. The van der Waals surface area contributed by atoms with E-state index in [9.17, 15) is 19.8 Å². The second-order valence-corrected chi connectivity index (χ2v) is 5.52. The Bertz CT molecular complexity index is 384.